The van der Waals surface area contributed by atoms with Crippen LogP contribution in [0.25, 0.3) is 0 Å². The maximum Gasteiger partial charge on any atom is 0.326 e. The second-order valence-corrected chi connectivity index (χ2v) is 6.13. The highest BCUT2D eigenvalue weighted by Crippen LogP contribution is 2.29. The van der Waals surface area contributed by atoms with Crippen LogP contribution in [-0.2, 0) is 11.3 Å². The van der Waals surface area contributed by atoms with Gasteiger partial charge in [0.05, 0.1) is 13.1 Å². The maximum atomic E-state index is 12.5. The summed E-state index contributed by atoms with van der Waals surface area (Å²) >= 11 is 0. The molecule has 0 saturated heterocycles. The Kier molecular flexibility index (Phi) is 3.89. The third kappa shape index (κ3) is 3.16. The van der Waals surface area contributed by atoms with Gasteiger partial charge < -0.3 is 9.69 Å². The second kappa shape index (κ2) is 5.48. The molecule has 0 radical (unpaired) electrons. The first-order valence-corrected chi connectivity index (χ1v) is 6.62. The van der Waals surface area contributed by atoms with Gasteiger partial charge in [0.15, 0.2) is 0 Å². The first-order chi connectivity index (χ1) is 9.85. The fourth-order valence-electron chi connectivity index (χ4n) is 2.18. The molecule has 0 fully saturated rings. The molecule has 0 unspecified atom stereocenters. The minimum absolute atomic E-state index is 0.0267. The molecular weight excluding hydrogens is 270 g/mol. The SMILES string of the molecule is CC(C)(C)CN1C(=O)N(CC=O)Cc2cnc(C#N)nc21. The van der Waals surface area contributed by atoms with Crippen molar-refractivity contribution in [1.82, 2.24) is 14.9 Å². The van der Waals surface area contributed by atoms with E-state index in [2.05, 4.69) is 9.97 Å². The van der Waals surface area contributed by atoms with Crippen LogP contribution in [-0.4, -0.2) is 40.3 Å². The van der Waals surface area contributed by atoms with E-state index in [-0.39, 0.29) is 30.4 Å². The molecule has 21 heavy (non-hydrogen) atoms. The van der Waals surface area contributed by atoms with Crippen molar-refractivity contribution in [1.29, 1.82) is 5.26 Å². The molecule has 0 bridgehead atoms. The average molecular weight is 287 g/mol. The summed E-state index contributed by atoms with van der Waals surface area (Å²) in [6.07, 6.45) is 2.24. The Labute approximate surface area is 123 Å². The van der Waals surface area contributed by atoms with Gasteiger partial charge in [-0.3, -0.25) is 4.90 Å². The van der Waals surface area contributed by atoms with Crippen molar-refractivity contribution in [2.75, 3.05) is 18.0 Å². The summed E-state index contributed by atoms with van der Waals surface area (Å²) in [7, 11) is 0. The molecule has 2 amide bonds. The van der Waals surface area contributed by atoms with E-state index in [1.807, 2.05) is 26.8 Å². The van der Waals surface area contributed by atoms with Crippen molar-refractivity contribution in [3.63, 3.8) is 0 Å². The largest absolute Gasteiger partial charge is 0.326 e. The number of carbonyl (C=O) groups excluding carboxylic acids is 2. The minimum Gasteiger partial charge on any atom is -0.313 e. The fourth-order valence-corrected chi connectivity index (χ4v) is 2.18. The number of carbonyl (C=O) groups is 2. The standard InChI is InChI=1S/C14H17N5O2/c1-14(2,3)9-19-12-10(7-16-11(6-15)17-12)8-18(4-5-20)13(19)21/h5,7H,4,8-9H2,1-3H3. The monoisotopic (exact) mass is 287 g/mol. The van der Waals surface area contributed by atoms with Crippen LogP contribution < -0.4 is 4.90 Å². The molecule has 2 heterocycles. The number of rotatable bonds is 3. The molecule has 1 aromatic heterocycles. The first-order valence-electron chi connectivity index (χ1n) is 6.62. The topological polar surface area (TPSA) is 90.2 Å². The molecule has 0 saturated carbocycles. The molecule has 0 aliphatic carbocycles. The van der Waals surface area contributed by atoms with Crippen molar-refractivity contribution in [2.24, 2.45) is 5.41 Å². The Bertz CT molecular complexity index is 615. The Balaban J connectivity index is 2.47. The normalized spacial score (nSPS) is 14.7. The van der Waals surface area contributed by atoms with Crippen molar-refractivity contribution in [2.45, 2.75) is 27.3 Å². The van der Waals surface area contributed by atoms with Crippen LogP contribution in [0.4, 0.5) is 10.6 Å². The zero-order chi connectivity index (χ0) is 15.6. The van der Waals surface area contributed by atoms with Crippen LogP contribution in [0.3, 0.4) is 0 Å². The first kappa shape index (κ1) is 14.9. The lowest BCUT2D eigenvalue weighted by Crippen LogP contribution is -2.50. The number of amides is 2. The second-order valence-electron chi connectivity index (χ2n) is 6.13. The summed E-state index contributed by atoms with van der Waals surface area (Å²) < 4.78 is 0. The molecule has 1 aliphatic rings. The highest BCUT2D eigenvalue weighted by Gasteiger charge is 2.34. The summed E-state index contributed by atoms with van der Waals surface area (Å²) in [4.78, 5) is 34.3. The Morgan fingerprint density at radius 1 is 1.48 bits per heavy atom. The number of hydrogen-bond donors (Lipinski definition) is 0. The lowest BCUT2D eigenvalue weighted by atomic mass is 9.95. The molecule has 0 aromatic carbocycles. The van der Waals surface area contributed by atoms with Crippen LogP contribution in [0.5, 0.6) is 0 Å². The molecule has 7 nitrogen and oxygen atoms in total. The van der Waals surface area contributed by atoms with Gasteiger partial charge in [-0.15, -0.1) is 0 Å². The van der Waals surface area contributed by atoms with Crippen LogP contribution >= 0.6 is 0 Å². The van der Waals surface area contributed by atoms with E-state index in [9.17, 15) is 9.59 Å². The van der Waals surface area contributed by atoms with Gasteiger partial charge in [0.2, 0.25) is 5.82 Å². The van der Waals surface area contributed by atoms with E-state index in [1.165, 1.54) is 9.80 Å². The van der Waals surface area contributed by atoms with E-state index in [0.717, 1.165) is 5.56 Å². The number of urea groups is 1. The van der Waals surface area contributed by atoms with Gasteiger partial charge in [-0.25, -0.2) is 14.8 Å². The number of fused-ring (bicyclic) bond motifs is 1. The molecule has 0 atom stereocenters. The number of nitriles is 1. The van der Waals surface area contributed by atoms with Crippen LogP contribution in [0.15, 0.2) is 6.20 Å². The predicted octanol–water partition coefficient (Wildman–Crippen LogP) is 1.34. The van der Waals surface area contributed by atoms with E-state index in [1.54, 1.807) is 6.20 Å². The third-order valence-corrected chi connectivity index (χ3v) is 2.99. The van der Waals surface area contributed by atoms with E-state index >= 15 is 0 Å². The zero-order valence-corrected chi connectivity index (χ0v) is 12.3. The molecule has 110 valence electrons. The molecule has 1 aromatic rings. The Morgan fingerprint density at radius 2 is 2.19 bits per heavy atom. The molecule has 1 aliphatic heterocycles. The van der Waals surface area contributed by atoms with Gasteiger partial charge in [0.25, 0.3) is 0 Å². The lowest BCUT2D eigenvalue weighted by Gasteiger charge is -2.38. The Hall–Kier alpha value is -2.49. The lowest BCUT2D eigenvalue weighted by molar-refractivity contribution is -0.108. The number of anilines is 1. The fraction of sp³-hybridized carbons (Fsp3) is 0.500. The van der Waals surface area contributed by atoms with Crippen LogP contribution in [0.2, 0.25) is 0 Å². The van der Waals surface area contributed by atoms with Gasteiger partial charge in [-0.2, -0.15) is 5.26 Å². The van der Waals surface area contributed by atoms with Crippen molar-refractivity contribution in [3.05, 3.63) is 17.6 Å². The molecule has 0 spiro atoms. The number of aldehydes is 1. The van der Waals surface area contributed by atoms with Crippen LogP contribution in [0, 0.1) is 16.7 Å². The zero-order valence-electron chi connectivity index (χ0n) is 12.3. The van der Waals surface area contributed by atoms with Crippen molar-refractivity contribution < 1.29 is 9.59 Å². The van der Waals surface area contributed by atoms with Gasteiger partial charge in [0, 0.05) is 18.3 Å². The van der Waals surface area contributed by atoms with E-state index in [4.69, 9.17) is 5.26 Å². The van der Waals surface area contributed by atoms with Gasteiger partial charge in [-0.05, 0) is 5.41 Å². The van der Waals surface area contributed by atoms with Gasteiger partial charge in [0.1, 0.15) is 18.2 Å². The minimum atomic E-state index is -0.271. The van der Waals surface area contributed by atoms with Crippen LogP contribution in [0.1, 0.15) is 32.2 Å². The molecule has 2 rings (SSSR count). The van der Waals surface area contributed by atoms with Crippen molar-refractivity contribution in [3.8, 4) is 6.07 Å². The molecule has 7 heteroatoms. The third-order valence-electron chi connectivity index (χ3n) is 2.99. The Morgan fingerprint density at radius 3 is 2.76 bits per heavy atom. The van der Waals surface area contributed by atoms with E-state index < -0.39 is 0 Å². The summed E-state index contributed by atoms with van der Waals surface area (Å²) in [6.45, 7) is 6.76. The van der Waals surface area contributed by atoms with E-state index in [0.29, 0.717) is 18.6 Å². The van der Waals surface area contributed by atoms with Crippen molar-refractivity contribution >= 4 is 18.1 Å². The average Bonchev–Trinajstić information content (AvgIpc) is 2.42. The van der Waals surface area contributed by atoms with Gasteiger partial charge >= 0.3 is 6.03 Å². The quantitative estimate of drug-likeness (QED) is 0.782. The summed E-state index contributed by atoms with van der Waals surface area (Å²) in [5, 5.41) is 8.92. The number of aromatic nitrogens is 2. The number of hydrogen-bond acceptors (Lipinski definition) is 5. The molecule has 0 N–H and O–H groups in total. The van der Waals surface area contributed by atoms with Gasteiger partial charge in [-0.1, -0.05) is 20.8 Å². The summed E-state index contributed by atoms with van der Waals surface area (Å²) in [6, 6.07) is 1.61. The maximum absolute atomic E-state index is 12.5. The smallest absolute Gasteiger partial charge is 0.313 e. The highest BCUT2D eigenvalue weighted by molar-refractivity contribution is 5.94. The summed E-state index contributed by atoms with van der Waals surface area (Å²) in [5.41, 5.74) is 0.592. The highest BCUT2D eigenvalue weighted by atomic mass is 16.2. The predicted molar refractivity (Wildman–Crippen MR) is 75.4 cm³/mol. The summed E-state index contributed by atoms with van der Waals surface area (Å²) in [5.74, 6) is 0.493. The number of nitrogens with zero attached hydrogens (tertiary/aromatic N) is 5. The molecular formula is C14H17N5O2.